The monoisotopic (exact) mass is 381 g/mol. The second-order valence-corrected chi connectivity index (χ2v) is 8.02. The van der Waals surface area contributed by atoms with Gasteiger partial charge in [-0.2, -0.15) is 12.8 Å². The lowest BCUT2D eigenvalue weighted by Gasteiger charge is -2.25. The van der Waals surface area contributed by atoms with Gasteiger partial charge in [-0.15, -0.1) is 23.2 Å². The molecule has 24 heavy (non-hydrogen) atoms. The molecule has 0 bridgehead atoms. The fourth-order valence-electron chi connectivity index (χ4n) is 2.48. The number of alkyl halides is 2. The van der Waals surface area contributed by atoms with Crippen molar-refractivity contribution < 1.29 is 13.2 Å². The molecule has 0 saturated carbocycles. The summed E-state index contributed by atoms with van der Waals surface area (Å²) >= 11 is 12.3. The number of hydrogen-bond donors (Lipinski definition) is 0. The number of carbonyl (C=O) groups excluding carboxylic acids is 1. The Labute approximate surface area is 150 Å². The quantitative estimate of drug-likeness (QED) is 0.746. The van der Waals surface area contributed by atoms with Gasteiger partial charge < -0.3 is 0 Å². The van der Waals surface area contributed by atoms with Crippen molar-refractivity contribution in [2.24, 2.45) is 4.40 Å². The summed E-state index contributed by atoms with van der Waals surface area (Å²) in [5.74, 6) is -0.334. The second-order valence-electron chi connectivity index (χ2n) is 5.48. The molecule has 0 amide bonds. The van der Waals surface area contributed by atoms with E-state index in [2.05, 4.69) is 4.40 Å². The summed E-state index contributed by atoms with van der Waals surface area (Å²) in [5, 5.41) is -2.08. The maximum Gasteiger partial charge on any atom is 0.282 e. The molecule has 1 aliphatic rings. The van der Waals surface area contributed by atoms with Crippen LogP contribution in [-0.4, -0.2) is 30.7 Å². The summed E-state index contributed by atoms with van der Waals surface area (Å²) < 4.78 is 29.1. The van der Waals surface area contributed by atoms with Crippen LogP contribution < -0.4 is 0 Å². The highest BCUT2D eigenvalue weighted by atomic mass is 35.5. The van der Waals surface area contributed by atoms with Crippen LogP contribution in [0.5, 0.6) is 0 Å². The molecule has 124 valence electrons. The van der Waals surface area contributed by atoms with Crippen LogP contribution >= 0.6 is 23.2 Å². The Balaban J connectivity index is 2.16. The summed E-state index contributed by atoms with van der Waals surface area (Å²) in [5.41, 5.74) is 1.75. The molecule has 0 radical (unpaired) electrons. The van der Waals surface area contributed by atoms with Crippen LogP contribution in [0.3, 0.4) is 0 Å². The maximum atomic E-state index is 12.6. The molecule has 2 aromatic carbocycles. The highest BCUT2D eigenvalue weighted by Gasteiger charge is 2.38. The highest BCUT2D eigenvalue weighted by Crippen LogP contribution is 2.30. The summed E-state index contributed by atoms with van der Waals surface area (Å²) in [6, 6.07) is 12.9. The van der Waals surface area contributed by atoms with Gasteiger partial charge in [-0.1, -0.05) is 42.0 Å². The minimum Gasteiger partial charge on any atom is -0.292 e. The molecule has 0 aromatic heterocycles. The van der Waals surface area contributed by atoms with Crippen molar-refractivity contribution in [1.29, 1.82) is 0 Å². The fraction of sp³-hybridized carbons (Fsp3) is 0.176. The Bertz CT molecular complexity index is 937. The lowest BCUT2D eigenvalue weighted by molar-refractivity contribution is 0.0987. The van der Waals surface area contributed by atoms with E-state index in [9.17, 15) is 13.2 Å². The van der Waals surface area contributed by atoms with Gasteiger partial charge in [0.05, 0.1) is 10.6 Å². The number of sulfonamides is 1. The Kier molecular flexibility index (Phi) is 4.51. The van der Waals surface area contributed by atoms with Crippen LogP contribution in [0.4, 0.5) is 0 Å². The number of fused-ring (bicyclic) bond motifs is 1. The molecule has 4 nitrogen and oxygen atoms in total. The van der Waals surface area contributed by atoms with Crippen LogP contribution in [0, 0.1) is 6.92 Å². The van der Waals surface area contributed by atoms with Crippen molar-refractivity contribution >= 4 is 44.7 Å². The Hall–Kier alpha value is -1.69. The van der Waals surface area contributed by atoms with E-state index in [0.29, 0.717) is 11.1 Å². The number of ketones is 1. The van der Waals surface area contributed by atoms with E-state index in [4.69, 9.17) is 23.2 Å². The zero-order valence-electron chi connectivity index (χ0n) is 12.6. The Morgan fingerprint density at radius 1 is 0.917 bits per heavy atom. The summed E-state index contributed by atoms with van der Waals surface area (Å²) in [4.78, 5) is 12.3. The van der Waals surface area contributed by atoms with Gasteiger partial charge in [0.15, 0.2) is 5.78 Å². The lowest BCUT2D eigenvalue weighted by atomic mass is 9.88. The normalized spacial score (nSPS) is 22.5. The van der Waals surface area contributed by atoms with Gasteiger partial charge >= 0.3 is 0 Å². The zero-order valence-corrected chi connectivity index (χ0v) is 14.9. The van der Waals surface area contributed by atoms with Gasteiger partial charge in [0.2, 0.25) is 0 Å². The van der Waals surface area contributed by atoms with Crippen LogP contribution in [0.2, 0.25) is 0 Å². The number of Topliss-reactive ketones (excluding diaryl/α,β-unsaturated/α-hetero) is 1. The molecule has 2 atom stereocenters. The minimum atomic E-state index is -3.96. The van der Waals surface area contributed by atoms with E-state index < -0.39 is 20.8 Å². The molecule has 0 saturated heterocycles. The van der Waals surface area contributed by atoms with Gasteiger partial charge in [-0.3, -0.25) is 4.79 Å². The van der Waals surface area contributed by atoms with Crippen LogP contribution in [0.1, 0.15) is 21.5 Å². The van der Waals surface area contributed by atoms with Crippen molar-refractivity contribution in [2.45, 2.75) is 22.6 Å². The summed E-state index contributed by atoms with van der Waals surface area (Å²) in [6.45, 7) is 1.86. The van der Waals surface area contributed by atoms with Crippen LogP contribution in [0.25, 0.3) is 0 Å². The molecule has 0 fully saturated rings. The molecule has 3 rings (SSSR count). The van der Waals surface area contributed by atoms with Crippen molar-refractivity contribution in [3.63, 3.8) is 0 Å². The zero-order chi connectivity index (χ0) is 17.5. The number of aryl methyl sites for hydroxylation is 1. The maximum absolute atomic E-state index is 12.6. The van der Waals surface area contributed by atoms with E-state index in [1.807, 2.05) is 6.92 Å². The van der Waals surface area contributed by atoms with Crippen LogP contribution in [0.15, 0.2) is 57.8 Å². The lowest BCUT2D eigenvalue weighted by Crippen LogP contribution is -2.39. The van der Waals surface area contributed by atoms with Crippen molar-refractivity contribution in [1.82, 2.24) is 0 Å². The fourth-order valence-corrected chi connectivity index (χ4v) is 4.11. The topological polar surface area (TPSA) is 63.6 Å². The van der Waals surface area contributed by atoms with E-state index in [0.717, 1.165) is 5.56 Å². The van der Waals surface area contributed by atoms with Crippen molar-refractivity contribution in [2.75, 3.05) is 0 Å². The van der Waals surface area contributed by atoms with E-state index in [1.165, 1.54) is 12.1 Å². The third-order valence-corrected chi connectivity index (χ3v) is 6.12. The number of halogens is 2. The first-order valence-electron chi connectivity index (χ1n) is 7.14. The second kappa shape index (κ2) is 6.31. The smallest absolute Gasteiger partial charge is 0.282 e. The SMILES string of the molecule is Cc1ccc(S(=O)(=O)N=C2c3ccccc3C(=O)[C@H](Cl)[C@H]2Cl)cc1. The molecular formula is C17H13Cl2NO3S. The third kappa shape index (κ3) is 2.99. The number of carbonyl (C=O) groups is 1. The molecule has 0 heterocycles. The predicted octanol–water partition coefficient (Wildman–Crippen LogP) is 3.58. The number of rotatable bonds is 2. The molecule has 0 aliphatic heterocycles. The highest BCUT2D eigenvalue weighted by molar-refractivity contribution is 7.90. The Morgan fingerprint density at radius 2 is 1.50 bits per heavy atom. The average Bonchev–Trinajstić information content (AvgIpc) is 2.57. The van der Waals surface area contributed by atoms with Gasteiger partial charge in [-0.05, 0) is 19.1 Å². The summed E-state index contributed by atoms with van der Waals surface area (Å²) in [6.07, 6.45) is 0. The van der Waals surface area contributed by atoms with Gasteiger partial charge in [-0.25, -0.2) is 0 Å². The first-order valence-corrected chi connectivity index (χ1v) is 9.46. The summed E-state index contributed by atoms with van der Waals surface area (Å²) in [7, 11) is -3.96. The van der Waals surface area contributed by atoms with Gasteiger partial charge in [0, 0.05) is 11.1 Å². The molecule has 1 aliphatic carbocycles. The van der Waals surface area contributed by atoms with Crippen molar-refractivity contribution in [3.8, 4) is 0 Å². The first kappa shape index (κ1) is 17.1. The van der Waals surface area contributed by atoms with Gasteiger partial charge in [0.25, 0.3) is 10.0 Å². The van der Waals surface area contributed by atoms with Gasteiger partial charge in [0.1, 0.15) is 10.8 Å². The minimum absolute atomic E-state index is 0.0602. The molecule has 7 heteroatoms. The van der Waals surface area contributed by atoms with Crippen molar-refractivity contribution in [3.05, 3.63) is 65.2 Å². The van der Waals surface area contributed by atoms with E-state index >= 15 is 0 Å². The molecule has 0 unspecified atom stereocenters. The van der Waals surface area contributed by atoms with Crippen LogP contribution in [-0.2, 0) is 10.0 Å². The average molecular weight is 382 g/mol. The first-order chi connectivity index (χ1) is 11.3. The molecular weight excluding hydrogens is 369 g/mol. The molecule has 0 spiro atoms. The molecule has 0 N–H and O–H groups in total. The number of nitrogens with zero attached hydrogens (tertiary/aromatic N) is 1. The Morgan fingerprint density at radius 3 is 2.12 bits per heavy atom. The largest absolute Gasteiger partial charge is 0.292 e. The predicted molar refractivity (Wildman–Crippen MR) is 95.0 cm³/mol. The molecule has 2 aromatic rings. The number of benzene rings is 2. The standard InChI is InChI=1S/C17H13Cl2NO3S/c1-10-6-8-11(9-7-10)24(22,23)20-16-12-4-2-3-5-13(12)17(21)15(19)14(16)18/h2-9,14-15H,1H3/t14-,15-/m1/s1. The number of hydrogen-bond acceptors (Lipinski definition) is 3. The third-order valence-electron chi connectivity index (χ3n) is 3.77. The van der Waals surface area contributed by atoms with E-state index in [-0.39, 0.29) is 16.4 Å². The van der Waals surface area contributed by atoms with E-state index in [1.54, 1.807) is 36.4 Å².